The SMILES string of the molecule is Cc1cc(Nc2ncnc3cc(Br)c(N4CCN(C(=O)O)[C@H](CO)C4)nc23)ccc1Oc1cncc(F)c1. The van der Waals surface area contributed by atoms with Crippen molar-refractivity contribution in [2.75, 3.05) is 36.5 Å². The van der Waals surface area contributed by atoms with Crippen LogP contribution in [0.3, 0.4) is 0 Å². The number of rotatable bonds is 6. The van der Waals surface area contributed by atoms with Crippen LogP contribution in [0.2, 0.25) is 0 Å². The van der Waals surface area contributed by atoms with Gasteiger partial charge in [-0.05, 0) is 52.7 Å². The van der Waals surface area contributed by atoms with E-state index in [1.807, 2.05) is 24.0 Å². The number of aromatic nitrogens is 4. The van der Waals surface area contributed by atoms with Gasteiger partial charge in [0.15, 0.2) is 5.82 Å². The molecule has 11 nitrogen and oxygen atoms in total. The Hall–Kier alpha value is -4.10. The van der Waals surface area contributed by atoms with Gasteiger partial charge in [0.25, 0.3) is 0 Å². The number of aliphatic hydroxyl groups excluding tert-OH is 1. The lowest BCUT2D eigenvalue weighted by molar-refractivity contribution is 0.0909. The normalized spacial score (nSPS) is 15.5. The third kappa shape index (κ3) is 5.29. The topological polar surface area (TPSA) is 137 Å². The van der Waals surface area contributed by atoms with E-state index in [2.05, 4.69) is 36.2 Å². The summed E-state index contributed by atoms with van der Waals surface area (Å²) < 4.78 is 19.9. The molecule has 1 atom stereocenters. The number of hydrogen-bond acceptors (Lipinski definition) is 9. The minimum absolute atomic E-state index is 0.239. The average molecular weight is 584 g/mol. The summed E-state index contributed by atoms with van der Waals surface area (Å²) >= 11 is 3.56. The summed E-state index contributed by atoms with van der Waals surface area (Å²) in [7, 11) is 0. The number of anilines is 3. The van der Waals surface area contributed by atoms with Gasteiger partial charge in [-0.15, -0.1) is 0 Å². The highest BCUT2D eigenvalue weighted by molar-refractivity contribution is 9.10. The summed E-state index contributed by atoms with van der Waals surface area (Å²) in [5, 5.41) is 22.4. The van der Waals surface area contributed by atoms with Crippen molar-refractivity contribution >= 4 is 50.4 Å². The lowest BCUT2D eigenvalue weighted by Gasteiger charge is -2.40. The molecule has 4 aromatic rings. The summed E-state index contributed by atoms with van der Waals surface area (Å²) in [4.78, 5) is 32.0. The fourth-order valence-electron chi connectivity index (χ4n) is 4.27. The second-order valence-electron chi connectivity index (χ2n) is 8.69. The molecule has 0 bridgehead atoms. The Labute approximate surface area is 225 Å². The van der Waals surface area contributed by atoms with E-state index in [4.69, 9.17) is 9.72 Å². The number of nitrogens with one attached hydrogen (secondary N) is 1. The first-order chi connectivity index (χ1) is 18.3. The van der Waals surface area contributed by atoms with Crippen molar-refractivity contribution in [3.8, 4) is 11.5 Å². The zero-order valence-electron chi connectivity index (χ0n) is 20.2. The summed E-state index contributed by atoms with van der Waals surface area (Å²) in [5.74, 6) is 1.45. The van der Waals surface area contributed by atoms with E-state index in [9.17, 15) is 19.4 Å². The number of halogens is 2. The third-order valence-electron chi connectivity index (χ3n) is 6.13. The van der Waals surface area contributed by atoms with E-state index in [1.54, 1.807) is 12.1 Å². The number of nitrogens with zero attached hydrogens (tertiary/aromatic N) is 6. The molecule has 1 saturated heterocycles. The van der Waals surface area contributed by atoms with Crippen molar-refractivity contribution in [1.29, 1.82) is 0 Å². The largest absolute Gasteiger partial charge is 0.465 e. The van der Waals surface area contributed by atoms with E-state index in [0.29, 0.717) is 45.2 Å². The number of aryl methyl sites for hydroxylation is 1. The van der Waals surface area contributed by atoms with Crippen molar-refractivity contribution in [1.82, 2.24) is 24.8 Å². The molecule has 1 aliphatic rings. The Morgan fingerprint density at radius 1 is 1.24 bits per heavy atom. The van der Waals surface area contributed by atoms with Crippen LogP contribution in [0.1, 0.15) is 5.56 Å². The van der Waals surface area contributed by atoms with Gasteiger partial charge in [-0.3, -0.25) is 9.88 Å². The molecule has 0 radical (unpaired) electrons. The Kier molecular flexibility index (Phi) is 7.20. The Morgan fingerprint density at radius 2 is 2.08 bits per heavy atom. The van der Waals surface area contributed by atoms with Crippen LogP contribution in [0, 0.1) is 12.7 Å². The van der Waals surface area contributed by atoms with Gasteiger partial charge in [0, 0.05) is 31.4 Å². The van der Waals surface area contributed by atoms with Crippen LogP contribution in [0.25, 0.3) is 11.0 Å². The zero-order chi connectivity index (χ0) is 26.8. The lowest BCUT2D eigenvalue weighted by atomic mass is 10.2. The molecule has 0 saturated carbocycles. The molecule has 0 aliphatic carbocycles. The molecule has 1 fully saturated rings. The maximum absolute atomic E-state index is 13.4. The second-order valence-corrected chi connectivity index (χ2v) is 9.54. The Morgan fingerprint density at radius 3 is 2.82 bits per heavy atom. The molecule has 0 unspecified atom stereocenters. The fourth-order valence-corrected chi connectivity index (χ4v) is 4.83. The molecule has 5 rings (SSSR count). The highest BCUT2D eigenvalue weighted by Crippen LogP contribution is 2.33. The number of piperazine rings is 1. The van der Waals surface area contributed by atoms with E-state index < -0.39 is 18.0 Å². The van der Waals surface area contributed by atoms with Crippen LogP contribution in [0.15, 0.2) is 53.5 Å². The maximum Gasteiger partial charge on any atom is 0.407 e. The standard InChI is InChI=1S/C25H23BrFN7O4/c1-14-6-16(2-3-21(14)38-18-7-15(27)9-28-10-18)31-23-22-20(29-13-30-23)8-19(26)24(32-22)33-4-5-34(25(36)37)17(11-33)12-35/h2-3,6-10,13,17,35H,4-5,11-12H2,1H3,(H,36,37)(H,29,30,31)/t17-/m0/s1. The van der Waals surface area contributed by atoms with Crippen LogP contribution < -0.4 is 15.0 Å². The van der Waals surface area contributed by atoms with Gasteiger partial charge in [0.1, 0.15) is 35.0 Å². The first-order valence-corrected chi connectivity index (χ1v) is 12.4. The van der Waals surface area contributed by atoms with Crippen molar-refractivity contribution in [2.24, 2.45) is 0 Å². The summed E-state index contributed by atoms with van der Waals surface area (Å²) in [6, 6.07) is 7.96. The number of carbonyl (C=O) groups is 1. The van der Waals surface area contributed by atoms with E-state index in [-0.39, 0.29) is 19.7 Å². The van der Waals surface area contributed by atoms with Crippen LogP contribution in [-0.4, -0.2) is 73.4 Å². The number of amides is 1. The van der Waals surface area contributed by atoms with E-state index in [1.165, 1.54) is 23.5 Å². The molecule has 13 heteroatoms. The van der Waals surface area contributed by atoms with E-state index in [0.717, 1.165) is 17.4 Å². The van der Waals surface area contributed by atoms with Gasteiger partial charge in [0.2, 0.25) is 0 Å². The smallest absolute Gasteiger partial charge is 0.407 e. The molecule has 196 valence electrons. The molecular formula is C25H23BrFN7O4. The van der Waals surface area contributed by atoms with Gasteiger partial charge < -0.3 is 25.2 Å². The lowest BCUT2D eigenvalue weighted by Crippen LogP contribution is -2.56. The molecule has 38 heavy (non-hydrogen) atoms. The van der Waals surface area contributed by atoms with Crippen LogP contribution in [-0.2, 0) is 0 Å². The average Bonchev–Trinajstić information content (AvgIpc) is 2.89. The number of aliphatic hydroxyl groups is 1. The molecule has 1 aliphatic heterocycles. The molecule has 4 heterocycles. The molecule has 3 N–H and O–H groups in total. The van der Waals surface area contributed by atoms with Crippen molar-refractivity contribution < 1.29 is 24.1 Å². The minimum Gasteiger partial charge on any atom is -0.465 e. The first-order valence-electron chi connectivity index (χ1n) is 11.6. The number of ether oxygens (including phenoxy) is 1. The number of pyridine rings is 2. The first kappa shape index (κ1) is 25.5. The number of benzene rings is 1. The van der Waals surface area contributed by atoms with Crippen molar-refractivity contribution in [3.63, 3.8) is 0 Å². The summed E-state index contributed by atoms with van der Waals surface area (Å²) in [6.45, 7) is 2.52. The zero-order valence-corrected chi connectivity index (χ0v) is 21.8. The van der Waals surface area contributed by atoms with Crippen molar-refractivity contribution in [3.05, 3.63) is 64.9 Å². The summed E-state index contributed by atoms with van der Waals surface area (Å²) in [5.41, 5.74) is 2.67. The molecule has 1 aromatic carbocycles. The molecule has 1 amide bonds. The fraction of sp³-hybridized carbons (Fsp3) is 0.240. The predicted molar refractivity (Wildman–Crippen MR) is 142 cm³/mol. The van der Waals surface area contributed by atoms with Crippen molar-refractivity contribution in [2.45, 2.75) is 13.0 Å². The minimum atomic E-state index is -1.06. The quantitative estimate of drug-likeness (QED) is 0.301. The number of hydrogen-bond donors (Lipinski definition) is 3. The maximum atomic E-state index is 13.4. The third-order valence-corrected chi connectivity index (χ3v) is 6.71. The summed E-state index contributed by atoms with van der Waals surface area (Å²) in [6.07, 6.45) is 2.92. The second kappa shape index (κ2) is 10.7. The van der Waals surface area contributed by atoms with Gasteiger partial charge in [-0.25, -0.2) is 24.1 Å². The predicted octanol–water partition coefficient (Wildman–Crippen LogP) is 4.33. The van der Waals surface area contributed by atoms with Crippen LogP contribution in [0.4, 0.5) is 26.5 Å². The molecule has 3 aromatic heterocycles. The number of fused-ring (bicyclic) bond motifs is 1. The van der Waals surface area contributed by atoms with Gasteiger partial charge in [-0.1, -0.05) is 0 Å². The van der Waals surface area contributed by atoms with Gasteiger partial charge >= 0.3 is 6.09 Å². The van der Waals surface area contributed by atoms with Crippen LogP contribution >= 0.6 is 15.9 Å². The van der Waals surface area contributed by atoms with E-state index >= 15 is 0 Å². The Bertz CT molecular complexity index is 1510. The molecule has 0 spiro atoms. The highest BCUT2D eigenvalue weighted by Gasteiger charge is 2.31. The highest BCUT2D eigenvalue weighted by atomic mass is 79.9. The van der Waals surface area contributed by atoms with Gasteiger partial charge in [0.05, 0.1) is 35.0 Å². The van der Waals surface area contributed by atoms with Crippen LogP contribution in [0.5, 0.6) is 11.5 Å². The monoisotopic (exact) mass is 583 g/mol. The molecular weight excluding hydrogens is 561 g/mol. The number of carboxylic acid groups (broad SMARTS) is 1. The Balaban J connectivity index is 1.41. The van der Waals surface area contributed by atoms with Gasteiger partial charge in [-0.2, -0.15) is 0 Å².